The zero-order valence-corrected chi connectivity index (χ0v) is 63.8. The predicted molar refractivity (Wildman–Crippen MR) is 386 cm³/mol. The van der Waals surface area contributed by atoms with E-state index in [-0.39, 0.29) is 25.7 Å². The summed E-state index contributed by atoms with van der Waals surface area (Å²) in [4.78, 5) is 72.8. The first-order valence-corrected chi connectivity index (χ1v) is 42.5. The summed E-state index contributed by atoms with van der Waals surface area (Å²) in [6.07, 6.45) is 55.5. The minimum absolute atomic E-state index is 0.106. The molecule has 17 nitrogen and oxygen atoms in total. The summed E-state index contributed by atoms with van der Waals surface area (Å²) in [5.74, 6) is -0.582. The van der Waals surface area contributed by atoms with Gasteiger partial charge in [0, 0.05) is 25.7 Å². The second-order valence-corrected chi connectivity index (χ2v) is 31.3. The largest absolute Gasteiger partial charge is 0.472 e. The van der Waals surface area contributed by atoms with Crippen LogP contribution in [0.1, 0.15) is 395 Å². The first-order valence-electron chi connectivity index (χ1n) is 39.5. The van der Waals surface area contributed by atoms with Crippen molar-refractivity contribution in [3.05, 3.63) is 0 Å². The van der Waals surface area contributed by atoms with E-state index in [2.05, 4.69) is 41.5 Å². The van der Waals surface area contributed by atoms with Gasteiger partial charge < -0.3 is 33.8 Å². The lowest BCUT2D eigenvalue weighted by molar-refractivity contribution is -0.161. The fourth-order valence-electron chi connectivity index (χ4n) is 11.7. The zero-order chi connectivity index (χ0) is 70.0. The fourth-order valence-corrected chi connectivity index (χ4v) is 13.2. The highest BCUT2D eigenvalue weighted by Crippen LogP contribution is 2.45. The molecule has 0 rings (SSSR count). The van der Waals surface area contributed by atoms with Gasteiger partial charge >= 0.3 is 39.5 Å². The number of ether oxygens (including phenoxy) is 4. The number of carbonyl (C=O) groups excluding carboxylic acids is 4. The number of phosphoric acid groups is 2. The molecule has 19 heteroatoms. The van der Waals surface area contributed by atoms with Gasteiger partial charge in [0.25, 0.3) is 0 Å². The van der Waals surface area contributed by atoms with Crippen molar-refractivity contribution in [2.75, 3.05) is 39.6 Å². The fraction of sp³-hybridized carbons (Fsp3) is 0.947. The number of phosphoric ester groups is 2. The van der Waals surface area contributed by atoms with Gasteiger partial charge in [-0.1, -0.05) is 343 Å². The van der Waals surface area contributed by atoms with Crippen molar-refractivity contribution in [2.24, 2.45) is 11.8 Å². The molecule has 2 unspecified atom stereocenters. The van der Waals surface area contributed by atoms with Crippen molar-refractivity contribution in [1.82, 2.24) is 0 Å². The summed E-state index contributed by atoms with van der Waals surface area (Å²) >= 11 is 0. The van der Waals surface area contributed by atoms with Crippen LogP contribution in [0, 0.1) is 11.8 Å². The van der Waals surface area contributed by atoms with Crippen LogP contribution < -0.4 is 0 Å². The molecule has 0 aliphatic heterocycles. The van der Waals surface area contributed by atoms with Gasteiger partial charge in [-0.3, -0.25) is 37.3 Å². The summed E-state index contributed by atoms with van der Waals surface area (Å²) in [6.45, 7) is 9.59. The summed E-state index contributed by atoms with van der Waals surface area (Å²) in [5, 5.41) is 10.6. The van der Waals surface area contributed by atoms with Crippen molar-refractivity contribution in [2.45, 2.75) is 413 Å². The van der Waals surface area contributed by atoms with E-state index in [9.17, 15) is 43.2 Å². The maximum absolute atomic E-state index is 13.1. The molecule has 0 aromatic rings. The van der Waals surface area contributed by atoms with Crippen LogP contribution in [0.15, 0.2) is 0 Å². The Bertz CT molecular complexity index is 1840. The number of hydrogen-bond donors (Lipinski definition) is 3. The third kappa shape index (κ3) is 70.3. The molecule has 0 saturated carbocycles. The number of carbonyl (C=O) groups is 4. The van der Waals surface area contributed by atoms with Crippen LogP contribution in [0.4, 0.5) is 0 Å². The molecule has 5 atom stereocenters. The van der Waals surface area contributed by atoms with Crippen molar-refractivity contribution in [3.8, 4) is 0 Å². The summed E-state index contributed by atoms with van der Waals surface area (Å²) < 4.78 is 68.5. The quantitative estimate of drug-likeness (QED) is 0.0222. The Morgan fingerprint density at radius 3 is 0.716 bits per heavy atom. The molecule has 0 heterocycles. The standard InChI is InChI=1S/C76H148O17P2/c1-7-9-11-13-15-17-18-19-20-21-22-23-24-29-36-42-48-54-60-75(80)92-72(65-87-74(79)59-53-47-41-35-28-26-25-27-33-38-44-50-56-68(3)4)67-91-95(84,85)89-63-70(77)62-88-94(82,83)90-66-71(64-86-73(78)58-52-46-40-32-16-14-12-10-8-2)93-76(81)61-55-49-43-37-31-30-34-39-45-51-57-69(5)6/h68-72,77H,7-67H2,1-6H3,(H,82,83)(H,84,85)/t70-,71+,72+/m0/s1. The molecule has 0 aromatic heterocycles. The molecule has 0 aromatic carbocycles. The minimum atomic E-state index is -4.96. The first-order chi connectivity index (χ1) is 45.9. The van der Waals surface area contributed by atoms with Gasteiger partial charge in [-0.2, -0.15) is 0 Å². The smallest absolute Gasteiger partial charge is 0.462 e. The second-order valence-electron chi connectivity index (χ2n) is 28.3. The van der Waals surface area contributed by atoms with Gasteiger partial charge in [0.1, 0.15) is 19.3 Å². The Hall–Kier alpha value is -1.94. The number of aliphatic hydroxyl groups is 1. The Morgan fingerprint density at radius 2 is 0.484 bits per heavy atom. The Labute approximate surface area is 581 Å². The van der Waals surface area contributed by atoms with E-state index in [0.29, 0.717) is 25.7 Å². The van der Waals surface area contributed by atoms with Crippen molar-refractivity contribution in [3.63, 3.8) is 0 Å². The van der Waals surface area contributed by atoms with Crippen molar-refractivity contribution >= 4 is 39.5 Å². The van der Waals surface area contributed by atoms with Gasteiger partial charge in [-0.25, -0.2) is 9.13 Å². The number of unbranched alkanes of at least 4 members (excludes halogenated alkanes) is 45. The molecule has 3 N–H and O–H groups in total. The van der Waals surface area contributed by atoms with Crippen LogP contribution in [0.5, 0.6) is 0 Å². The van der Waals surface area contributed by atoms with Crippen LogP contribution in [0.25, 0.3) is 0 Å². The molecule has 564 valence electrons. The molecule has 0 aliphatic rings. The lowest BCUT2D eigenvalue weighted by atomic mass is 10.0. The minimum Gasteiger partial charge on any atom is -0.462 e. The van der Waals surface area contributed by atoms with E-state index in [0.717, 1.165) is 102 Å². The topological polar surface area (TPSA) is 237 Å². The maximum atomic E-state index is 13.1. The Balaban J connectivity index is 5.23. The highest BCUT2D eigenvalue weighted by molar-refractivity contribution is 7.47. The number of rotatable bonds is 75. The van der Waals surface area contributed by atoms with E-state index in [1.807, 2.05) is 0 Å². The molecule has 0 bridgehead atoms. The SMILES string of the molecule is CCCCCCCCCCCCCCCCCCCCC(=O)O[C@H](COC(=O)CCCCCCCCCCCCCCC(C)C)COP(=O)(O)OC[C@@H](O)COP(=O)(O)OC[C@@H](COC(=O)CCCCCCCCCCC)OC(=O)CCCCCCCCCCCCC(C)C. The van der Waals surface area contributed by atoms with Gasteiger partial charge in [0.15, 0.2) is 12.2 Å². The van der Waals surface area contributed by atoms with Crippen molar-refractivity contribution in [1.29, 1.82) is 0 Å². The molecule has 0 spiro atoms. The van der Waals surface area contributed by atoms with Crippen LogP contribution in [0.3, 0.4) is 0 Å². The Kier molecular flexibility index (Phi) is 66.5. The van der Waals surface area contributed by atoms with E-state index in [4.69, 9.17) is 37.0 Å². The molecular formula is C76H148O17P2. The molecular weight excluding hydrogens is 1250 g/mol. The monoisotopic (exact) mass is 1400 g/mol. The van der Waals surface area contributed by atoms with Crippen molar-refractivity contribution < 1.29 is 80.2 Å². The Morgan fingerprint density at radius 1 is 0.284 bits per heavy atom. The number of hydrogen-bond acceptors (Lipinski definition) is 15. The van der Waals surface area contributed by atoms with E-state index < -0.39 is 97.5 Å². The predicted octanol–water partition coefficient (Wildman–Crippen LogP) is 22.3. The van der Waals surface area contributed by atoms with Crippen LogP contribution in [0.2, 0.25) is 0 Å². The number of aliphatic hydroxyl groups excluding tert-OH is 1. The summed E-state index contributed by atoms with van der Waals surface area (Å²) in [7, 11) is -9.91. The molecule has 0 fully saturated rings. The van der Waals surface area contributed by atoms with Crippen LogP contribution >= 0.6 is 15.6 Å². The van der Waals surface area contributed by atoms with E-state index >= 15 is 0 Å². The number of esters is 4. The average Bonchev–Trinajstić information content (AvgIpc) is 1.44. The van der Waals surface area contributed by atoms with Crippen LogP contribution in [-0.2, 0) is 65.4 Å². The second kappa shape index (κ2) is 67.9. The van der Waals surface area contributed by atoms with Gasteiger partial charge in [-0.15, -0.1) is 0 Å². The molecule has 0 saturated heterocycles. The lowest BCUT2D eigenvalue weighted by Gasteiger charge is -2.21. The molecule has 95 heavy (non-hydrogen) atoms. The maximum Gasteiger partial charge on any atom is 0.472 e. The van der Waals surface area contributed by atoms with Gasteiger partial charge in [0.05, 0.1) is 26.4 Å². The van der Waals surface area contributed by atoms with Gasteiger partial charge in [-0.05, 0) is 37.5 Å². The summed E-state index contributed by atoms with van der Waals surface area (Å²) in [5.41, 5.74) is 0. The molecule has 0 radical (unpaired) electrons. The van der Waals surface area contributed by atoms with Crippen LogP contribution in [-0.4, -0.2) is 96.7 Å². The normalized spacial score (nSPS) is 14.0. The highest BCUT2D eigenvalue weighted by Gasteiger charge is 2.30. The first kappa shape index (κ1) is 93.1. The van der Waals surface area contributed by atoms with E-state index in [1.165, 1.54) is 212 Å². The lowest BCUT2D eigenvalue weighted by Crippen LogP contribution is -2.30. The van der Waals surface area contributed by atoms with Gasteiger partial charge in [0.2, 0.25) is 0 Å². The summed E-state index contributed by atoms with van der Waals surface area (Å²) in [6, 6.07) is 0. The highest BCUT2D eigenvalue weighted by atomic mass is 31.2. The molecule has 0 amide bonds. The zero-order valence-electron chi connectivity index (χ0n) is 62.0. The van der Waals surface area contributed by atoms with E-state index in [1.54, 1.807) is 0 Å². The average molecular weight is 1400 g/mol. The third-order valence-electron chi connectivity index (χ3n) is 17.7. The molecule has 0 aliphatic carbocycles. The third-order valence-corrected chi connectivity index (χ3v) is 19.6.